The molecule has 1 amide bonds. The van der Waals surface area contributed by atoms with E-state index in [4.69, 9.17) is 18.6 Å². The van der Waals surface area contributed by atoms with Crippen LogP contribution >= 0.6 is 11.8 Å². The Labute approximate surface area is 208 Å². The van der Waals surface area contributed by atoms with E-state index < -0.39 is 0 Å². The molecule has 3 aromatic carbocycles. The van der Waals surface area contributed by atoms with Gasteiger partial charge in [0.05, 0.1) is 27.6 Å². The van der Waals surface area contributed by atoms with Gasteiger partial charge in [-0.1, -0.05) is 6.07 Å². The quantitative estimate of drug-likeness (QED) is 0.215. The van der Waals surface area contributed by atoms with Crippen molar-refractivity contribution in [1.82, 2.24) is 0 Å². The molecule has 0 aliphatic heterocycles. The molecule has 0 radical (unpaired) electrons. The molecule has 0 aliphatic rings. The SMILES string of the molecule is COc1ccc(-c2coc3cc(OC)c(/C(C)=C/C(=O)Nc4ccc(SC)cc4)cc23)cc1OC. The third-order valence-electron chi connectivity index (χ3n) is 5.72. The summed E-state index contributed by atoms with van der Waals surface area (Å²) < 4.78 is 22.3. The Bertz CT molecular complexity index is 1390. The van der Waals surface area contributed by atoms with Gasteiger partial charge in [0.15, 0.2) is 11.5 Å². The fraction of sp³-hybridized carbons (Fsp3) is 0.179. The predicted molar refractivity (Wildman–Crippen MR) is 142 cm³/mol. The molecule has 4 aromatic rings. The summed E-state index contributed by atoms with van der Waals surface area (Å²) in [6, 6.07) is 17.3. The van der Waals surface area contributed by atoms with E-state index in [9.17, 15) is 4.79 Å². The zero-order chi connectivity index (χ0) is 24.9. The molecule has 1 N–H and O–H groups in total. The first kappa shape index (κ1) is 24.3. The van der Waals surface area contributed by atoms with E-state index in [1.807, 2.05) is 67.8 Å². The Morgan fingerprint density at radius 2 is 1.63 bits per heavy atom. The minimum Gasteiger partial charge on any atom is -0.496 e. The molecule has 0 saturated carbocycles. The van der Waals surface area contributed by atoms with Gasteiger partial charge in [0.25, 0.3) is 0 Å². The predicted octanol–water partition coefficient (Wildman–Crippen LogP) is 6.89. The first-order chi connectivity index (χ1) is 17.0. The van der Waals surface area contributed by atoms with E-state index in [2.05, 4.69) is 5.32 Å². The number of methoxy groups -OCH3 is 3. The lowest BCUT2D eigenvalue weighted by atomic mass is 9.99. The third-order valence-corrected chi connectivity index (χ3v) is 6.46. The van der Waals surface area contributed by atoms with Crippen LogP contribution in [0.25, 0.3) is 27.7 Å². The van der Waals surface area contributed by atoms with Crippen LogP contribution in [0.3, 0.4) is 0 Å². The number of hydrogen-bond donors (Lipinski definition) is 1. The van der Waals surface area contributed by atoms with Gasteiger partial charge in [-0.25, -0.2) is 0 Å². The molecule has 1 heterocycles. The maximum Gasteiger partial charge on any atom is 0.248 e. The van der Waals surface area contributed by atoms with Crippen molar-refractivity contribution in [3.8, 4) is 28.4 Å². The molecule has 7 heteroatoms. The highest BCUT2D eigenvalue weighted by Gasteiger charge is 2.16. The zero-order valence-corrected chi connectivity index (χ0v) is 21.1. The summed E-state index contributed by atoms with van der Waals surface area (Å²) >= 11 is 1.65. The highest BCUT2D eigenvalue weighted by atomic mass is 32.2. The molecule has 0 spiro atoms. The van der Waals surface area contributed by atoms with Crippen LogP contribution in [0.5, 0.6) is 17.2 Å². The molecule has 0 unspecified atom stereocenters. The first-order valence-electron chi connectivity index (χ1n) is 10.9. The molecule has 0 fully saturated rings. The van der Waals surface area contributed by atoms with Gasteiger partial charge in [0.1, 0.15) is 11.3 Å². The summed E-state index contributed by atoms with van der Waals surface area (Å²) in [5, 5.41) is 3.81. The number of allylic oxidation sites excluding steroid dienone is 1. The number of nitrogens with one attached hydrogen (secondary N) is 1. The normalized spacial score (nSPS) is 11.4. The number of hydrogen-bond acceptors (Lipinski definition) is 6. The lowest BCUT2D eigenvalue weighted by Gasteiger charge is -2.11. The largest absolute Gasteiger partial charge is 0.496 e. The molecular formula is C28H27NO5S. The maximum absolute atomic E-state index is 12.7. The second kappa shape index (κ2) is 10.6. The van der Waals surface area contributed by atoms with Crippen LogP contribution in [0, 0.1) is 0 Å². The second-order valence-corrected chi connectivity index (χ2v) is 8.69. The number of carbonyl (C=O) groups is 1. The van der Waals surface area contributed by atoms with Gasteiger partial charge in [-0.15, -0.1) is 11.8 Å². The average molecular weight is 490 g/mol. The molecule has 0 saturated heterocycles. The third kappa shape index (κ3) is 5.15. The van der Waals surface area contributed by atoms with E-state index in [-0.39, 0.29) is 5.91 Å². The molecule has 180 valence electrons. The summed E-state index contributed by atoms with van der Waals surface area (Å²) in [4.78, 5) is 13.8. The Morgan fingerprint density at radius 1 is 0.914 bits per heavy atom. The Morgan fingerprint density at radius 3 is 2.29 bits per heavy atom. The van der Waals surface area contributed by atoms with Crippen molar-refractivity contribution in [1.29, 1.82) is 0 Å². The summed E-state index contributed by atoms with van der Waals surface area (Å²) in [6.07, 6.45) is 5.29. The highest BCUT2D eigenvalue weighted by molar-refractivity contribution is 7.98. The van der Waals surface area contributed by atoms with Crippen LogP contribution in [-0.2, 0) is 4.79 Å². The number of amides is 1. The van der Waals surface area contributed by atoms with Gasteiger partial charge in [-0.05, 0) is 66.8 Å². The van der Waals surface area contributed by atoms with E-state index in [1.54, 1.807) is 45.4 Å². The Kier molecular flexibility index (Phi) is 7.36. The fourth-order valence-electron chi connectivity index (χ4n) is 3.89. The highest BCUT2D eigenvalue weighted by Crippen LogP contribution is 2.39. The first-order valence-corrected chi connectivity index (χ1v) is 12.1. The Balaban J connectivity index is 1.69. The van der Waals surface area contributed by atoms with Gasteiger partial charge >= 0.3 is 0 Å². The average Bonchev–Trinajstić information content (AvgIpc) is 3.30. The maximum atomic E-state index is 12.7. The van der Waals surface area contributed by atoms with Crippen molar-refractivity contribution >= 4 is 39.9 Å². The molecule has 35 heavy (non-hydrogen) atoms. The van der Waals surface area contributed by atoms with Gasteiger partial charge in [-0.2, -0.15) is 0 Å². The summed E-state index contributed by atoms with van der Waals surface area (Å²) in [7, 11) is 4.81. The van der Waals surface area contributed by atoms with Crippen LogP contribution < -0.4 is 19.5 Å². The van der Waals surface area contributed by atoms with Crippen LogP contribution in [0.1, 0.15) is 12.5 Å². The number of carbonyl (C=O) groups excluding carboxylic acids is 1. The molecular weight excluding hydrogens is 462 g/mol. The molecule has 0 bridgehead atoms. The standard InChI is InChI=1S/C28H27NO5S/c1-17(12-28(30)29-19-7-9-20(35-5)10-8-19)21-14-22-23(16-34-26(22)15-25(21)32-3)18-6-11-24(31-2)27(13-18)33-4/h6-16H,1-5H3,(H,29,30)/b17-12+. The smallest absolute Gasteiger partial charge is 0.248 e. The minimum atomic E-state index is -0.214. The number of thioether (sulfide) groups is 1. The van der Waals surface area contributed by atoms with Crippen molar-refractivity contribution in [2.45, 2.75) is 11.8 Å². The van der Waals surface area contributed by atoms with E-state index in [0.717, 1.165) is 38.2 Å². The van der Waals surface area contributed by atoms with Gasteiger partial charge < -0.3 is 23.9 Å². The molecule has 0 atom stereocenters. The summed E-state index contributed by atoms with van der Waals surface area (Å²) in [6.45, 7) is 1.89. The van der Waals surface area contributed by atoms with Crippen molar-refractivity contribution in [2.75, 3.05) is 32.9 Å². The summed E-state index contributed by atoms with van der Waals surface area (Å²) in [5.41, 5.74) is 4.81. The lowest BCUT2D eigenvalue weighted by molar-refractivity contribution is -0.111. The van der Waals surface area contributed by atoms with Crippen molar-refractivity contribution in [3.63, 3.8) is 0 Å². The number of ether oxygens (including phenoxy) is 3. The van der Waals surface area contributed by atoms with Crippen molar-refractivity contribution < 1.29 is 23.4 Å². The zero-order valence-electron chi connectivity index (χ0n) is 20.3. The molecule has 1 aromatic heterocycles. The van der Waals surface area contributed by atoms with Crippen LogP contribution in [0.4, 0.5) is 5.69 Å². The number of anilines is 1. The number of furan rings is 1. The van der Waals surface area contributed by atoms with Crippen LogP contribution in [-0.4, -0.2) is 33.5 Å². The number of rotatable bonds is 8. The van der Waals surface area contributed by atoms with Crippen molar-refractivity contribution in [2.24, 2.45) is 0 Å². The summed E-state index contributed by atoms with van der Waals surface area (Å²) in [5.74, 6) is 1.69. The van der Waals surface area contributed by atoms with Gasteiger partial charge in [0, 0.05) is 39.2 Å². The van der Waals surface area contributed by atoms with Crippen molar-refractivity contribution in [3.05, 3.63) is 72.5 Å². The number of benzene rings is 3. The van der Waals surface area contributed by atoms with Crippen LogP contribution in [0.2, 0.25) is 0 Å². The molecule has 0 aliphatic carbocycles. The molecule has 6 nitrogen and oxygen atoms in total. The van der Waals surface area contributed by atoms with E-state index in [0.29, 0.717) is 22.8 Å². The minimum absolute atomic E-state index is 0.214. The lowest BCUT2D eigenvalue weighted by Crippen LogP contribution is -2.08. The topological polar surface area (TPSA) is 69.9 Å². The Hall–Kier alpha value is -3.84. The monoisotopic (exact) mass is 489 g/mol. The number of fused-ring (bicyclic) bond motifs is 1. The van der Waals surface area contributed by atoms with E-state index >= 15 is 0 Å². The fourth-order valence-corrected chi connectivity index (χ4v) is 4.29. The van der Waals surface area contributed by atoms with E-state index in [1.165, 1.54) is 0 Å². The van der Waals surface area contributed by atoms with Crippen LogP contribution in [0.15, 0.2) is 76.2 Å². The molecule has 4 rings (SSSR count). The second-order valence-electron chi connectivity index (χ2n) is 7.81. The van der Waals surface area contributed by atoms with Gasteiger partial charge in [0.2, 0.25) is 5.91 Å². The van der Waals surface area contributed by atoms with Gasteiger partial charge in [-0.3, -0.25) is 4.79 Å².